The normalized spacial score (nSPS) is 38.9. The maximum absolute atomic E-state index is 4.68. The fraction of sp³-hybridized carbons (Fsp3) is 0.875. The van der Waals surface area contributed by atoms with Gasteiger partial charge in [0.1, 0.15) is 11.6 Å². The van der Waals surface area contributed by atoms with Crippen LogP contribution in [0.3, 0.4) is 0 Å². The Balaban J connectivity index is 1.79. The Kier molecular flexibility index (Phi) is 3.03. The minimum Gasteiger partial charge on any atom is -0.311 e. The predicted octanol–water partition coefficient (Wildman–Crippen LogP) is 4.22. The molecule has 0 radical (unpaired) electrons. The van der Waals surface area contributed by atoms with Gasteiger partial charge in [-0.1, -0.05) is 15.9 Å². The first-order valence-electron chi connectivity index (χ1n) is 8.11. The van der Waals surface area contributed by atoms with Gasteiger partial charge in [0, 0.05) is 11.5 Å². The van der Waals surface area contributed by atoms with Crippen LogP contribution in [0, 0.1) is 17.8 Å². The highest BCUT2D eigenvalue weighted by Crippen LogP contribution is 2.60. The predicted molar refractivity (Wildman–Crippen MR) is 82.9 cm³/mol. The van der Waals surface area contributed by atoms with E-state index in [0.717, 1.165) is 28.9 Å². The van der Waals surface area contributed by atoms with Gasteiger partial charge in [-0.25, -0.2) is 0 Å². The zero-order chi connectivity index (χ0) is 13.9. The third-order valence-electron chi connectivity index (χ3n) is 5.91. The molecule has 3 nitrogen and oxygen atoms in total. The van der Waals surface area contributed by atoms with E-state index in [1.807, 2.05) is 0 Å². The van der Waals surface area contributed by atoms with Crippen molar-refractivity contribution in [1.29, 1.82) is 0 Å². The molecule has 4 saturated carbocycles. The first-order chi connectivity index (χ1) is 9.61. The van der Waals surface area contributed by atoms with Gasteiger partial charge in [-0.2, -0.15) is 0 Å². The third-order valence-corrected chi connectivity index (χ3v) is 6.42. The first kappa shape index (κ1) is 13.3. The van der Waals surface area contributed by atoms with E-state index in [4.69, 9.17) is 0 Å². The molecule has 0 aromatic carbocycles. The lowest BCUT2D eigenvalue weighted by Crippen LogP contribution is -2.50. The van der Waals surface area contributed by atoms with E-state index < -0.39 is 0 Å². The molecule has 4 aliphatic carbocycles. The van der Waals surface area contributed by atoms with Crippen molar-refractivity contribution in [2.24, 2.45) is 17.8 Å². The fourth-order valence-electron chi connectivity index (χ4n) is 5.70. The van der Waals surface area contributed by atoms with Gasteiger partial charge in [-0.15, -0.1) is 10.2 Å². The lowest BCUT2D eigenvalue weighted by Gasteiger charge is -2.56. The van der Waals surface area contributed by atoms with E-state index in [0.29, 0.717) is 11.5 Å². The Morgan fingerprint density at radius 3 is 2.10 bits per heavy atom. The Morgan fingerprint density at radius 2 is 1.65 bits per heavy atom. The first-order valence-corrected chi connectivity index (χ1v) is 9.23. The van der Waals surface area contributed by atoms with Crippen LogP contribution < -0.4 is 0 Å². The van der Waals surface area contributed by atoms with Crippen LogP contribution in [-0.4, -0.2) is 14.8 Å². The summed E-state index contributed by atoms with van der Waals surface area (Å²) in [5.41, 5.74) is 0.354. The Morgan fingerprint density at radius 1 is 1.10 bits per heavy atom. The molecule has 0 N–H and O–H groups in total. The highest BCUT2D eigenvalue weighted by atomic mass is 79.9. The molecule has 1 heterocycles. The Hall–Kier alpha value is -0.380. The molecular weight excluding hydrogens is 314 g/mol. The second-order valence-corrected chi connectivity index (χ2v) is 8.30. The molecule has 4 fully saturated rings. The molecule has 5 rings (SSSR count). The van der Waals surface area contributed by atoms with Crippen LogP contribution >= 0.6 is 15.9 Å². The molecule has 0 spiro atoms. The summed E-state index contributed by atoms with van der Waals surface area (Å²) >= 11 is 3.58. The van der Waals surface area contributed by atoms with Crippen molar-refractivity contribution in [2.45, 2.75) is 69.2 Å². The zero-order valence-electron chi connectivity index (χ0n) is 12.5. The smallest absolute Gasteiger partial charge is 0.143 e. The summed E-state index contributed by atoms with van der Waals surface area (Å²) in [5, 5.41) is 9.97. The maximum Gasteiger partial charge on any atom is 0.143 e. The molecule has 0 unspecified atom stereocenters. The summed E-state index contributed by atoms with van der Waals surface area (Å²) in [6.07, 6.45) is 8.56. The molecule has 1 aromatic heterocycles. The van der Waals surface area contributed by atoms with E-state index in [1.54, 1.807) is 0 Å². The molecule has 110 valence electrons. The number of nitrogens with zero attached hydrogens (tertiary/aromatic N) is 3. The van der Waals surface area contributed by atoms with Gasteiger partial charge in [0.05, 0.1) is 5.33 Å². The van der Waals surface area contributed by atoms with Crippen LogP contribution in [0.25, 0.3) is 0 Å². The number of hydrogen-bond donors (Lipinski definition) is 0. The number of halogens is 1. The van der Waals surface area contributed by atoms with Gasteiger partial charge in [0.25, 0.3) is 0 Å². The molecule has 4 heteroatoms. The van der Waals surface area contributed by atoms with Gasteiger partial charge in [0.15, 0.2) is 0 Å². The lowest BCUT2D eigenvalue weighted by molar-refractivity contribution is -0.0116. The van der Waals surface area contributed by atoms with Crippen LogP contribution in [-0.2, 0) is 10.7 Å². The highest BCUT2D eigenvalue weighted by Gasteiger charge is 2.54. The van der Waals surface area contributed by atoms with E-state index in [2.05, 4.69) is 44.5 Å². The molecular formula is C16H24BrN3. The van der Waals surface area contributed by atoms with Crippen LogP contribution in [0.4, 0.5) is 0 Å². The zero-order valence-corrected chi connectivity index (χ0v) is 14.1. The Bertz CT molecular complexity index is 485. The Labute approximate surface area is 129 Å². The molecule has 20 heavy (non-hydrogen) atoms. The third kappa shape index (κ3) is 1.83. The van der Waals surface area contributed by atoms with Crippen LogP contribution in [0.15, 0.2) is 0 Å². The van der Waals surface area contributed by atoms with Crippen LogP contribution in [0.2, 0.25) is 0 Å². The average molecular weight is 338 g/mol. The molecule has 4 bridgehead atoms. The van der Waals surface area contributed by atoms with Crippen molar-refractivity contribution < 1.29 is 0 Å². The van der Waals surface area contributed by atoms with E-state index in [-0.39, 0.29) is 0 Å². The van der Waals surface area contributed by atoms with E-state index >= 15 is 0 Å². The molecule has 0 aliphatic heterocycles. The minimum absolute atomic E-state index is 0.354. The van der Waals surface area contributed by atoms with Gasteiger partial charge >= 0.3 is 0 Å². The number of hydrogen-bond acceptors (Lipinski definition) is 2. The summed E-state index contributed by atoms with van der Waals surface area (Å²) < 4.78 is 2.42. The van der Waals surface area contributed by atoms with Crippen LogP contribution in [0.5, 0.6) is 0 Å². The van der Waals surface area contributed by atoms with Gasteiger partial charge in [0.2, 0.25) is 0 Å². The number of aromatic nitrogens is 3. The lowest BCUT2D eigenvalue weighted by atomic mass is 9.49. The standard InChI is InChI=1S/C16H24BrN3/c1-10(2)20-14(9-17)18-19-15(20)16-6-11-3-12(7-16)5-13(4-11)8-16/h10-13H,3-9H2,1-2H3. The van der Waals surface area contributed by atoms with Crippen molar-refractivity contribution >= 4 is 15.9 Å². The molecule has 0 atom stereocenters. The molecule has 0 amide bonds. The van der Waals surface area contributed by atoms with Crippen molar-refractivity contribution in [1.82, 2.24) is 14.8 Å². The van der Waals surface area contributed by atoms with Gasteiger partial charge in [-0.05, 0) is 70.1 Å². The summed E-state index contributed by atoms with van der Waals surface area (Å²) in [5.74, 6) is 5.30. The quantitative estimate of drug-likeness (QED) is 0.773. The fourth-order valence-corrected chi connectivity index (χ4v) is 6.09. The van der Waals surface area contributed by atoms with Crippen molar-refractivity contribution in [3.8, 4) is 0 Å². The van der Waals surface area contributed by atoms with E-state index in [9.17, 15) is 0 Å². The molecule has 0 saturated heterocycles. The SMILES string of the molecule is CC(C)n1c(CBr)nnc1C12CC3CC(CC(C3)C1)C2. The maximum atomic E-state index is 4.68. The number of alkyl halides is 1. The second-order valence-electron chi connectivity index (χ2n) is 7.74. The van der Waals surface area contributed by atoms with Gasteiger partial charge < -0.3 is 4.57 Å². The van der Waals surface area contributed by atoms with Crippen molar-refractivity contribution in [2.75, 3.05) is 0 Å². The second kappa shape index (κ2) is 4.56. The van der Waals surface area contributed by atoms with Gasteiger partial charge in [-0.3, -0.25) is 0 Å². The molecule has 1 aromatic rings. The van der Waals surface area contributed by atoms with E-state index in [1.165, 1.54) is 44.3 Å². The largest absolute Gasteiger partial charge is 0.311 e. The van der Waals surface area contributed by atoms with Crippen molar-refractivity contribution in [3.63, 3.8) is 0 Å². The monoisotopic (exact) mass is 337 g/mol. The summed E-state index contributed by atoms with van der Waals surface area (Å²) in [6.45, 7) is 4.53. The average Bonchev–Trinajstić information content (AvgIpc) is 2.81. The summed E-state index contributed by atoms with van der Waals surface area (Å²) in [7, 11) is 0. The summed E-state index contributed by atoms with van der Waals surface area (Å²) in [4.78, 5) is 0. The number of rotatable bonds is 3. The summed E-state index contributed by atoms with van der Waals surface area (Å²) in [6, 6.07) is 0.459. The van der Waals surface area contributed by atoms with Crippen molar-refractivity contribution in [3.05, 3.63) is 11.6 Å². The minimum atomic E-state index is 0.354. The topological polar surface area (TPSA) is 30.7 Å². The highest BCUT2D eigenvalue weighted by molar-refractivity contribution is 9.08. The van der Waals surface area contributed by atoms with Crippen LogP contribution in [0.1, 0.15) is 70.1 Å². The molecule has 4 aliphatic rings.